The van der Waals surface area contributed by atoms with Crippen molar-refractivity contribution in [3.8, 4) is 0 Å². The Labute approximate surface area is 323 Å². The van der Waals surface area contributed by atoms with Crippen LogP contribution in [-0.4, -0.2) is 61.5 Å². The number of carbonyl (C=O) groups excluding carboxylic acids is 3. The van der Waals surface area contributed by atoms with Crippen molar-refractivity contribution in [1.29, 1.82) is 0 Å². The van der Waals surface area contributed by atoms with Crippen LogP contribution in [0, 0.1) is 24.2 Å². The fraction of sp³-hybridized carbons (Fsp3) is 0.714. The molecule has 11 heteroatoms. The summed E-state index contributed by atoms with van der Waals surface area (Å²) in [6.07, 6.45) is 5.24. The summed E-state index contributed by atoms with van der Waals surface area (Å²) < 4.78 is 27.1. The average molecular weight is 771 g/mol. The Bertz CT molecular complexity index is 1600. The minimum atomic E-state index is -2.34. The first-order chi connectivity index (χ1) is 24.7. The third kappa shape index (κ3) is 10.9. The molecular weight excluding hydrogens is 705 g/mol. The standard InChI is InChI=1S/C42H66N2O7SSi/c1-12-17-30-38(51-53(10,11)40(4,5)6)27(2)18-16-22-42(9)35(50-42)25-32(29-20-21-33-31(24-29)44-28(3)52-33)48-37(46)26-34(41(7,8)39(30)47)49-36(45)19-14-13-15-23-43/h12,20-21,24,27,30,32,34-35,38H,1,13-19,22-23,25-26,43H2,2-11H3/t27-,30+,32-,34-,35-,38-,42+/m0/s1. The summed E-state index contributed by atoms with van der Waals surface area (Å²) in [6.45, 7) is 25.5. The number of esters is 2. The molecule has 9 nitrogen and oxygen atoms in total. The number of hydrogen-bond acceptors (Lipinski definition) is 10. The van der Waals surface area contributed by atoms with Gasteiger partial charge in [-0.2, -0.15) is 0 Å². The molecule has 4 rings (SSSR count). The number of aryl methyl sites for hydroxylation is 1. The number of nitrogens with two attached hydrogens (primary N) is 1. The predicted molar refractivity (Wildman–Crippen MR) is 215 cm³/mol. The van der Waals surface area contributed by atoms with E-state index in [1.807, 2.05) is 25.1 Å². The first kappa shape index (κ1) is 43.3. The molecule has 2 aliphatic rings. The van der Waals surface area contributed by atoms with Gasteiger partial charge in [-0.3, -0.25) is 14.4 Å². The molecule has 2 N–H and O–H groups in total. The Balaban J connectivity index is 1.75. The van der Waals surface area contributed by atoms with E-state index < -0.39 is 43.8 Å². The lowest BCUT2D eigenvalue weighted by Crippen LogP contribution is -2.52. The van der Waals surface area contributed by atoms with Crippen LogP contribution >= 0.6 is 11.3 Å². The number of unbranched alkanes of at least 4 members (excludes halogenated alkanes) is 2. The highest BCUT2D eigenvalue weighted by atomic mass is 32.1. The van der Waals surface area contributed by atoms with Crippen LogP contribution in [0.15, 0.2) is 30.9 Å². The van der Waals surface area contributed by atoms with Gasteiger partial charge in [0.1, 0.15) is 18.0 Å². The number of nitrogens with zero attached hydrogens (tertiary/aromatic N) is 1. The number of rotatable bonds is 11. The first-order valence-corrected chi connectivity index (χ1v) is 23.4. The van der Waals surface area contributed by atoms with Gasteiger partial charge in [-0.25, -0.2) is 4.98 Å². The molecule has 0 saturated carbocycles. The number of aromatic nitrogens is 1. The summed E-state index contributed by atoms with van der Waals surface area (Å²) in [5.74, 6) is -1.59. The second kappa shape index (κ2) is 17.6. The first-order valence-electron chi connectivity index (χ1n) is 19.7. The normalized spacial score (nSPS) is 29.0. The number of carbonyl (C=O) groups is 3. The van der Waals surface area contributed by atoms with E-state index in [4.69, 9.17) is 24.4 Å². The molecular formula is C42H66N2O7SSi. The summed E-state index contributed by atoms with van der Waals surface area (Å²) in [6, 6.07) is 6.01. The topological polar surface area (TPSA) is 130 Å². The van der Waals surface area contributed by atoms with Crippen molar-refractivity contribution in [3.63, 3.8) is 0 Å². The van der Waals surface area contributed by atoms with Crippen LogP contribution in [0.4, 0.5) is 0 Å². The number of allylic oxidation sites excluding steroid dienone is 1. The minimum Gasteiger partial charge on any atom is -0.461 e. The van der Waals surface area contributed by atoms with E-state index in [1.165, 1.54) is 0 Å². The number of ketones is 1. The summed E-state index contributed by atoms with van der Waals surface area (Å²) >= 11 is 1.62. The molecule has 2 aliphatic heterocycles. The molecule has 1 aromatic heterocycles. The zero-order valence-corrected chi connectivity index (χ0v) is 35.9. The highest BCUT2D eigenvalue weighted by molar-refractivity contribution is 7.18. The molecule has 2 aromatic rings. The number of fused-ring (bicyclic) bond motifs is 2. The number of cyclic esters (lactones) is 1. The highest BCUT2D eigenvalue weighted by Gasteiger charge is 2.54. The molecule has 0 spiro atoms. The number of Topliss-reactive ketones (excluding diaryl/α,β-unsaturated/α-hetero) is 1. The minimum absolute atomic E-state index is 0.0529. The third-order valence-corrected chi connectivity index (χ3v) is 17.5. The number of benzene rings is 1. The molecule has 0 bridgehead atoms. The maximum atomic E-state index is 15.1. The van der Waals surface area contributed by atoms with Crippen molar-refractivity contribution >= 4 is 47.6 Å². The van der Waals surface area contributed by atoms with Gasteiger partial charge in [-0.1, -0.05) is 52.7 Å². The van der Waals surface area contributed by atoms with E-state index in [-0.39, 0.29) is 47.4 Å². The fourth-order valence-corrected chi connectivity index (χ4v) is 9.62. The summed E-state index contributed by atoms with van der Waals surface area (Å²) in [7, 11) is -2.34. The lowest BCUT2D eigenvalue weighted by atomic mass is 9.71. The third-order valence-electron chi connectivity index (χ3n) is 12.1. The molecule has 0 unspecified atom stereocenters. The van der Waals surface area contributed by atoms with E-state index >= 15 is 4.79 Å². The molecule has 0 radical (unpaired) electrons. The van der Waals surface area contributed by atoms with Crippen LogP contribution in [0.2, 0.25) is 18.1 Å². The highest BCUT2D eigenvalue weighted by Crippen LogP contribution is 2.48. The van der Waals surface area contributed by atoms with Gasteiger partial charge in [0.05, 0.1) is 44.9 Å². The summed E-state index contributed by atoms with van der Waals surface area (Å²) in [5, 5.41) is 0.887. The van der Waals surface area contributed by atoms with Gasteiger partial charge in [-0.15, -0.1) is 17.9 Å². The molecule has 0 amide bonds. The Hall–Kier alpha value is -2.44. The molecule has 296 valence electrons. The number of ether oxygens (including phenoxy) is 3. The van der Waals surface area contributed by atoms with Gasteiger partial charge < -0.3 is 24.4 Å². The van der Waals surface area contributed by atoms with Crippen molar-refractivity contribution in [2.45, 2.75) is 168 Å². The molecule has 2 fully saturated rings. The Morgan fingerprint density at radius 2 is 1.89 bits per heavy atom. The quantitative estimate of drug-likeness (QED) is 0.0781. The van der Waals surface area contributed by atoms with Gasteiger partial charge in [0.15, 0.2) is 8.32 Å². The lowest BCUT2D eigenvalue weighted by Gasteiger charge is -2.45. The van der Waals surface area contributed by atoms with Crippen LogP contribution in [0.3, 0.4) is 0 Å². The van der Waals surface area contributed by atoms with Gasteiger partial charge in [0.2, 0.25) is 0 Å². The zero-order chi connectivity index (χ0) is 39.4. The summed E-state index contributed by atoms with van der Waals surface area (Å²) in [4.78, 5) is 47.2. The lowest BCUT2D eigenvalue weighted by molar-refractivity contribution is -0.168. The number of thiazole rings is 1. The van der Waals surface area contributed by atoms with E-state index in [9.17, 15) is 9.59 Å². The van der Waals surface area contributed by atoms with Crippen molar-refractivity contribution < 1.29 is 33.0 Å². The van der Waals surface area contributed by atoms with Crippen molar-refractivity contribution in [2.24, 2.45) is 23.0 Å². The van der Waals surface area contributed by atoms with Crippen LogP contribution in [0.1, 0.15) is 129 Å². The Kier molecular flexibility index (Phi) is 14.3. The molecule has 0 aliphatic carbocycles. The average Bonchev–Trinajstić information content (AvgIpc) is 3.53. The molecule has 53 heavy (non-hydrogen) atoms. The Morgan fingerprint density at radius 3 is 2.55 bits per heavy atom. The fourth-order valence-electron chi connectivity index (χ4n) is 7.38. The summed E-state index contributed by atoms with van der Waals surface area (Å²) in [5.41, 5.74) is 5.78. The van der Waals surface area contributed by atoms with Gasteiger partial charge in [0.25, 0.3) is 0 Å². The van der Waals surface area contributed by atoms with Crippen LogP contribution in [-0.2, 0) is 33.0 Å². The van der Waals surface area contributed by atoms with E-state index in [0.29, 0.717) is 25.8 Å². The van der Waals surface area contributed by atoms with Crippen molar-refractivity contribution in [3.05, 3.63) is 41.4 Å². The maximum absolute atomic E-state index is 15.1. The number of epoxide rings is 1. The van der Waals surface area contributed by atoms with E-state index in [1.54, 1.807) is 31.3 Å². The van der Waals surface area contributed by atoms with E-state index in [0.717, 1.165) is 52.9 Å². The smallest absolute Gasteiger partial charge is 0.310 e. The maximum Gasteiger partial charge on any atom is 0.310 e. The van der Waals surface area contributed by atoms with Gasteiger partial charge in [-0.05, 0) is 108 Å². The van der Waals surface area contributed by atoms with Crippen LogP contribution in [0.5, 0.6) is 0 Å². The largest absolute Gasteiger partial charge is 0.461 e. The predicted octanol–water partition coefficient (Wildman–Crippen LogP) is 9.56. The number of hydrogen-bond donors (Lipinski definition) is 1. The second-order valence-corrected chi connectivity index (χ2v) is 23.8. The Morgan fingerprint density at radius 1 is 1.17 bits per heavy atom. The zero-order valence-electron chi connectivity index (χ0n) is 34.0. The molecule has 1 aromatic carbocycles. The van der Waals surface area contributed by atoms with Crippen LogP contribution < -0.4 is 5.73 Å². The second-order valence-electron chi connectivity index (χ2n) is 17.8. The van der Waals surface area contributed by atoms with Gasteiger partial charge in [0, 0.05) is 18.8 Å². The monoisotopic (exact) mass is 770 g/mol. The van der Waals surface area contributed by atoms with Crippen LogP contribution in [0.25, 0.3) is 10.2 Å². The molecule has 7 atom stereocenters. The molecule has 2 saturated heterocycles. The van der Waals surface area contributed by atoms with Crippen molar-refractivity contribution in [1.82, 2.24) is 4.98 Å². The van der Waals surface area contributed by atoms with E-state index in [2.05, 4.69) is 59.3 Å². The van der Waals surface area contributed by atoms with Crippen molar-refractivity contribution in [2.75, 3.05) is 6.54 Å². The molecule has 3 heterocycles. The SMILES string of the molecule is C=CC[C@H]1C(=O)C(C)(C)[C@@H](OC(=O)CCCCCN)CC(=O)O[C@H](c2ccc3sc(C)nc3c2)C[C@@H]2O[C@]2(C)CCC[C@H](C)[C@@H]1O[Si](C)(C)C(C)(C)C. The van der Waals surface area contributed by atoms with Gasteiger partial charge >= 0.3 is 11.9 Å².